The molecule has 1 saturated heterocycles. The summed E-state index contributed by atoms with van der Waals surface area (Å²) in [4.78, 5) is 25.5. The molecule has 1 unspecified atom stereocenters. The molecule has 1 aliphatic rings. The van der Waals surface area contributed by atoms with Crippen LogP contribution in [0.15, 0.2) is 48.8 Å². The molecule has 0 aliphatic carbocycles. The molecule has 0 amide bonds. The van der Waals surface area contributed by atoms with Crippen LogP contribution in [-0.2, 0) is 30.6 Å². The highest BCUT2D eigenvalue weighted by Gasteiger charge is 2.65. The van der Waals surface area contributed by atoms with Crippen LogP contribution in [0.5, 0.6) is 5.75 Å². The summed E-state index contributed by atoms with van der Waals surface area (Å²) in [7, 11) is 1.64. The van der Waals surface area contributed by atoms with Crippen molar-refractivity contribution < 1.29 is 37.2 Å². The number of anilines is 1. The zero-order valence-electron chi connectivity index (χ0n) is 25.5. The summed E-state index contributed by atoms with van der Waals surface area (Å²) in [5.41, 5.74) is -2.21. The first-order chi connectivity index (χ1) is 21.2. The molecule has 12 nitrogen and oxygen atoms in total. The van der Waals surface area contributed by atoms with Gasteiger partial charge in [0.25, 0.3) is 5.85 Å². The lowest BCUT2D eigenvalue weighted by Gasteiger charge is -2.30. The minimum absolute atomic E-state index is 0.168. The number of hydrogen-bond acceptors (Lipinski definition) is 11. The maximum atomic E-state index is 16.5. The predicted octanol–water partition coefficient (Wildman–Crippen LogP) is 4.86. The van der Waals surface area contributed by atoms with Crippen LogP contribution in [0.3, 0.4) is 0 Å². The van der Waals surface area contributed by atoms with Gasteiger partial charge in [0.1, 0.15) is 24.2 Å². The first kappa shape index (κ1) is 33.0. The van der Waals surface area contributed by atoms with E-state index in [-0.39, 0.29) is 5.65 Å². The molecule has 2 aromatic heterocycles. The number of aryl methyl sites for hydroxylation is 1. The van der Waals surface area contributed by atoms with Gasteiger partial charge in [-0.1, -0.05) is 36.4 Å². The molecule has 3 heterocycles. The molecule has 0 radical (unpaired) electrons. The second kappa shape index (κ2) is 12.5. The minimum atomic E-state index is -3.82. The number of rotatable bonds is 11. The quantitative estimate of drug-likeness (QED) is 0.149. The maximum Gasteiger partial charge on any atom is 0.323 e. The van der Waals surface area contributed by atoms with Crippen molar-refractivity contribution in [3.8, 4) is 5.75 Å². The van der Waals surface area contributed by atoms with Crippen molar-refractivity contribution in [2.45, 2.75) is 70.6 Å². The van der Waals surface area contributed by atoms with Crippen molar-refractivity contribution in [1.82, 2.24) is 24.6 Å². The molecule has 0 saturated carbocycles. The van der Waals surface area contributed by atoms with Crippen molar-refractivity contribution in [1.29, 1.82) is 0 Å². The van der Waals surface area contributed by atoms with Crippen LogP contribution in [-0.4, -0.2) is 74.0 Å². The Morgan fingerprint density at radius 3 is 2.62 bits per heavy atom. The van der Waals surface area contributed by atoms with Gasteiger partial charge in [0.2, 0.25) is 0 Å². The van der Waals surface area contributed by atoms with Gasteiger partial charge >= 0.3 is 12.6 Å². The van der Waals surface area contributed by atoms with Crippen LogP contribution in [0, 0.1) is 6.92 Å². The van der Waals surface area contributed by atoms with E-state index >= 15 is 8.78 Å². The number of aliphatic hydroxyl groups is 1. The van der Waals surface area contributed by atoms with Gasteiger partial charge in [-0.3, -0.25) is 9.36 Å². The fourth-order valence-electron chi connectivity index (χ4n) is 5.03. The average Bonchev–Trinajstić information content (AvgIpc) is 3.48. The Balaban J connectivity index is 1.45. The third kappa shape index (κ3) is 6.51. The number of carbonyl (C=O) groups excluding carboxylic acids is 1. The second-order valence-electron chi connectivity index (χ2n) is 11.2. The van der Waals surface area contributed by atoms with E-state index in [0.717, 1.165) is 12.3 Å². The lowest BCUT2D eigenvalue weighted by molar-refractivity contribution is -0.202. The van der Waals surface area contributed by atoms with E-state index in [4.69, 9.17) is 30.3 Å². The number of halogens is 2. The molecular weight excluding hydrogens is 629 g/mol. The number of benzene rings is 2. The highest BCUT2D eigenvalue weighted by atomic mass is 32.5. The van der Waals surface area contributed by atoms with Gasteiger partial charge < -0.3 is 28.9 Å². The fourth-order valence-corrected chi connectivity index (χ4v) is 7.42. The lowest BCUT2D eigenvalue weighted by atomic mass is 9.97. The Hall–Kier alpha value is -3.33. The molecule has 1 fully saturated rings. The summed E-state index contributed by atoms with van der Waals surface area (Å²) >= 11 is 5.76. The molecule has 242 valence electrons. The number of imidazole rings is 1. The molecule has 45 heavy (non-hydrogen) atoms. The molecule has 6 atom stereocenters. The Bertz CT molecular complexity index is 1770. The molecule has 1 aliphatic heterocycles. The van der Waals surface area contributed by atoms with Gasteiger partial charge in [0, 0.05) is 12.4 Å². The van der Waals surface area contributed by atoms with E-state index < -0.39 is 55.2 Å². The molecular formula is C29H35F2N6O6PS. The van der Waals surface area contributed by atoms with Crippen molar-refractivity contribution >= 4 is 52.2 Å². The number of esters is 1. The maximum absolute atomic E-state index is 16.5. The minimum Gasteiger partial charge on any atom is -0.462 e. The number of nitrogens with zero attached hydrogens (tertiary/aromatic N) is 4. The van der Waals surface area contributed by atoms with Crippen LogP contribution in [0.1, 0.15) is 39.7 Å². The molecule has 16 heteroatoms. The smallest absolute Gasteiger partial charge is 0.323 e. The third-order valence-corrected chi connectivity index (χ3v) is 9.68. The van der Waals surface area contributed by atoms with Crippen molar-refractivity contribution in [2.24, 2.45) is 0 Å². The lowest BCUT2D eigenvalue weighted by Crippen LogP contribution is -2.47. The highest BCUT2D eigenvalue weighted by Crippen LogP contribution is 2.52. The van der Waals surface area contributed by atoms with Crippen molar-refractivity contribution in [3.05, 3.63) is 54.6 Å². The van der Waals surface area contributed by atoms with E-state index in [1.807, 2.05) is 24.3 Å². The molecule has 5 rings (SSSR count). The van der Waals surface area contributed by atoms with Crippen molar-refractivity contribution in [2.75, 3.05) is 19.0 Å². The average molecular weight is 665 g/mol. The van der Waals surface area contributed by atoms with Crippen molar-refractivity contribution in [3.63, 3.8) is 0 Å². The predicted molar refractivity (Wildman–Crippen MR) is 168 cm³/mol. The van der Waals surface area contributed by atoms with Crippen LogP contribution >= 0.6 is 6.64 Å². The summed E-state index contributed by atoms with van der Waals surface area (Å²) < 4.78 is 56.9. The monoisotopic (exact) mass is 664 g/mol. The number of carbonyl (C=O) groups is 1. The van der Waals surface area contributed by atoms with Gasteiger partial charge in [-0.2, -0.15) is 0 Å². The topological polar surface area (TPSA) is 142 Å². The summed E-state index contributed by atoms with van der Waals surface area (Å²) in [6, 6.07) is 11.6. The van der Waals surface area contributed by atoms with E-state index in [1.165, 1.54) is 17.8 Å². The number of alkyl halides is 2. The van der Waals surface area contributed by atoms with Crippen LogP contribution in [0.25, 0.3) is 21.9 Å². The Morgan fingerprint density at radius 1 is 1.20 bits per heavy atom. The number of aliphatic hydroxyl groups excluding tert-OH is 1. The fraction of sp³-hybridized carbons (Fsp3) is 0.448. The number of nitrogens with one attached hydrogen (secondary N) is 2. The van der Waals surface area contributed by atoms with E-state index in [1.54, 1.807) is 46.0 Å². The number of aromatic nitrogens is 4. The summed E-state index contributed by atoms with van der Waals surface area (Å²) in [5, 5.41) is 18.2. The molecule has 2 aromatic carbocycles. The number of hydrogen-bond donors (Lipinski definition) is 3. The van der Waals surface area contributed by atoms with E-state index in [0.29, 0.717) is 28.3 Å². The SMILES string of the molecule is CNc1nc(C)nc2c1ncn2[C@@H]1O[C@](F)(COP(=S)(N[C@@H](C)C(=O)OC(C)C)Oc2cccc3ccccc23)[C@@H](O)[C@@]1(C)F. The standard InChI is InChI=1S/C29H35F2N6O6PS/c1-16(2)41-25(38)17(3)36-44(45,43-21-13-9-11-19-10-7-8-12-20(19)21)40-14-29(31)26(39)28(5,30)27(42-29)37-15-33-22-23(32-6)34-18(4)35-24(22)37/h7-13,15-17,26-27,39H,14H2,1-6H3,(H,36,45)(H,32,34,35)/t17-,26-,27+,28+,29+,44?/m0/s1. The summed E-state index contributed by atoms with van der Waals surface area (Å²) in [6.45, 7) is 2.66. The van der Waals surface area contributed by atoms with Gasteiger partial charge in [-0.05, 0) is 57.9 Å². The van der Waals surface area contributed by atoms with Gasteiger partial charge in [-0.15, -0.1) is 0 Å². The van der Waals surface area contributed by atoms with Gasteiger partial charge in [-0.25, -0.2) is 28.8 Å². The normalized spacial score (nSPS) is 25.4. The van der Waals surface area contributed by atoms with Crippen LogP contribution in [0.2, 0.25) is 0 Å². The summed E-state index contributed by atoms with van der Waals surface area (Å²) in [5.74, 6) is -2.70. The zero-order valence-corrected chi connectivity index (χ0v) is 27.2. The molecule has 4 aromatic rings. The molecule has 0 bridgehead atoms. The first-order valence-electron chi connectivity index (χ1n) is 14.2. The van der Waals surface area contributed by atoms with Crippen LogP contribution < -0.4 is 14.9 Å². The number of ether oxygens (including phenoxy) is 2. The number of fused-ring (bicyclic) bond motifs is 2. The summed E-state index contributed by atoms with van der Waals surface area (Å²) in [6.07, 6.45) is -3.20. The largest absolute Gasteiger partial charge is 0.462 e. The molecule has 3 N–H and O–H groups in total. The molecule has 0 spiro atoms. The van der Waals surface area contributed by atoms with Gasteiger partial charge in [0.05, 0.1) is 12.4 Å². The zero-order chi connectivity index (χ0) is 32.7. The third-order valence-electron chi connectivity index (χ3n) is 7.21. The van der Waals surface area contributed by atoms with E-state index in [2.05, 4.69) is 25.4 Å². The highest BCUT2D eigenvalue weighted by molar-refractivity contribution is 8.09. The van der Waals surface area contributed by atoms with Gasteiger partial charge in [0.15, 0.2) is 35.0 Å². The van der Waals surface area contributed by atoms with E-state index in [9.17, 15) is 9.90 Å². The Labute approximate surface area is 263 Å². The second-order valence-corrected chi connectivity index (χ2v) is 14.3. The Morgan fingerprint density at radius 2 is 1.91 bits per heavy atom. The Kier molecular flexibility index (Phi) is 9.15. The first-order valence-corrected chi connectivity index (χ1v) is 16.8. The van der Waals surface area contributed by atoms with Crippen LogP contribution in [0.4, 0.5) is 14.6 Å².